The minimum Gasteiger partial charge on any atom is -0.461 e. The van der Waals surface area contributed by atoms with E-state index in [-0.39, 0.29) is 17.9 Å². The molecule has 1 aliphatic rings. The Kier molecular flexibility index (Phi) is 4.42. The number of amides is 1. The number of hydrogen-bond acceptors (Lipinski definition) is 4. The molecule has 1 aliphatic heterocycles. The number of ether oxygens (including phenoxy) is 1. The summed E-state index contributed by atoms with van der Waals surface area (Å²) in [6, 6.07) is 1.91. The number of piperidine rings is 1. The summed E-state index contributed by atoms with van der Waals surface area (Å²) in [7, 11) is 0. The fourth-order valence-corrected chi connectivity index (χ4v) is 2.58. The maximum absolute atomic E-state index is 11.9. The summed E-state index contributed by atoms with van der Waals surface area (Å²) in [6.45, 7) is 7.01. The fraction of sp³-hybridized carbons (Fsp3) is 0.643. The van der Waals surface area contributed by atoms with Crippen LogP contribution in [0.3, 0.4) is 0 Å². The summed E-state index contributed by atoms with van der Waals surface area (Å²) >= 11 is 0. The number of nitrogens with zero attached hydrogens (tertiary/aromatic N) is 3. The van der Waals surface area contributed by atoms with Gasteiger partial charge in [0.25, 0.3) is 0 Å². The van der Waals surface area contributed by atoms with E-state index in [1.165, 1.54) is 0 Å². The van der Waals surface area contributed by atoms with Gasteiger partial charge in [0.1, 0.15) is 5.69 Å². The van der Waals surface area contributed by atoms with Crippen LogP contribution in [-0.2, 0) is 9.53 Å². The molecule has 2 rings (SSSR count). The van der Waals surface area contributed by atoms with Crippen LogP contribution in [0.4, 0.5) is 0 Å². The molecule has 1 aromatic heterocycles. The molecule has 0 aliphatic carbocycles. The number of esters is 1. The van der Waals surface area contributed by atoms with Gasteiger partial charge in [0.15, 0.2) is 0 Å². The van der Waals surface area contributed by atoms with Crippen molar-refractivity contribution in [1.82, 2.24) is 14.7 Å². The molecule has 110 valence electrons. The van der Waals surface area contributed by atoms with Gasteiger partial charge >= 0.3 is 5.97 Å². The van der Waals surface area contributed by atoms with E-state index in [0.29, 0.717) is 25.4 Å². The Balaban J connectivity index is 2.13. The van der Waals surface area contributed by atoms with E-state index in [1.54, 1.807) is 24.6 Å². The van der Waals surface area contributed by atoms with Crippen molar-refractivity contribution in [2.75, 3.05) is 19.7 Å². The predicted octanol–water partition coefficient (Wildman–Crippen LogP) is 1.55. The van der Waals surface area contributed by atoms with Gasteiger partial charge in [0.05, 0.1) is 18.3 Å². The van der Waals surface area contributed by atoms with E-state index in [2.05, 4.69) is 5.10 Å². The van der Waals surface area contributed by atoms with Crippen LogP contribution in [0.1, 0.15) is 48.9 Å². The van der Waals surface area contributed by atoms with Gasteiger partial charge in [0, 0.05) is 20.0 Å². The van der Waals surface area contributed by atoms with Crippen molar-refractivity contribution < 1.29 is 14.3 Å². The van der Waals surface area contributed by atoms with Crippen molar-refractivity contribution in [2.45, 2.75) is 39.7 Å². The van der Waals surface area contributed by atoms with Crippen LogP contribution in [0.15, 0.2) is 6.07 Å². The molecular formula is C14H21N3O3. The molecule has 0 atom stereocenters. The Hall–Kier alpha value is -1.85. The van der Waals surface area contributed by atoms with Crippen LogP contribution in [0.25, 0.3) is 0 Å². The van der Waals surface area contributed by atoms with Gasteiger partial charge in [-0.15, -0.1) is 0 Å². The second-order valence-electron chi connectivity index (χ2n) is 5.07. The van der Waals surface area contributed by atoms with E-state index in [9.17, 15) is 9.59 Å². The van der Waals surface area contributed by atoms with E-state index in [1.807, 2.05) is 11.8 Å². The summed E-state index contributed by atoms with van der Waals surface area (Å²) < 4.78 is 6.84. The lowest BCUT2D eigenvalue weighted by Crippen LogP contribution is -2.38. The first-order valence-corrected chi connectivity index (χ1v) is 7.01. The maximum Gasteiger partial charge on any atom is 0.356 e. The normalized spacial score (nSPS) is 16.2. The molecule has 6 nitrogen and oxygen atoms in total. The fourth-order valence-electron chi connectivity index (χ4n) is 2.58. The average Bonchev–Trinajstić information content (AvgIpc) is 2.81. The van der Waals surface area contributed by atoms with Crippen LogP contribution in [-0.4, -0.2) is 46.3 Å². The van der Waals surface area contributed by atoms with Gasteiger partial charge in [-0.25, -0.2) is 4.79 Å². The van der Waals surface area contributed by atoms with Gasteiger partial charge < -0.3 is 9.64 Å². The number of rotatable bonds is 3. The Morgan fingerprint density at radius 1 is 1.40 bits per heavy atom. The minimum atomic E-state index is -0.331. The summed E-state index contributed by atoms with van der Waals surface area (Å²) in [5.74, 6) is -0.229. The van der Waals surface area contributed by atoms with Gasteiger partial charge in [0.2, 0.25) is 5.91 Å². The standard InChI is InChI=1S/C14H21N3O3/c1-4-20-14(19)13-9-10(2)15-17(13)12-5-7-16(8-6-12)11(3)18/h9,12H,4-8H2,1-3H3. The number of hydrogen-bond donors (Lipinski definition) is 0. The Morgan fingerprint density at radius 2 is 2.05 bits per heavy atom. The molecule has 6 heteroatoms. The predicted molar refractivity (Wildman–Crippen MR) is 73.4 cm³/mol. The SMILES string of the molecule is CCOC(=O)c1cc(C)nn1C1CCN(C(C)=O)CC1. The van der Waals surface area contributed by atoms with Crippen molar-refractivity contribution in [1.29, 1.82) is 0 Å². The van der Waals surface area contributed by atoms with Crippen LogP contribution in [0, 0.1) is 6.92 Å². The Labute approximate surface area is 118 Å². The number of aromatic nitrogens is 2. The summed E-state index contributed by atoms with van der Waals surface area (Å²) in [4.78, 5) is 25.1. The van der Waals surface area contributed by atoms with Gasteiger partial charge in [-0.2, -0.15) is 5.10 Å². The lowest BCUT2D eigenvalue weighted by Gasteiger charge is -2.31. The second kappa shape index (κ2) is 6.07. The molecule has 1 amide bonds. The van der Waals surface area contributed by atoms with Crippen molar-refractivity contribution in [3.63, 3.8) is 0 Å². The topological polar surface area (TPSA) is 64.4 Å². The molecule has 1 saturated heterocycles. The minimum absolute atomic E-state index is 0.103. The lowest BCUT2D eigenvalue weighted by atomic mass is 10.0. The van der Waals surface area contributed by atoms with Crippen LogP contribution >= 0.6 is 0 Å². The molecule has 1 aromatic rings. The molecule has 0 unspecified atom stereocenters. The second-order valence-corrected chi connectivity index (χ2v) is 5.07. The van der Waals surface area contributed by atoms with E-state index in [0.717, 1.165) is 18.5 Å². The van der Waals surface area contributed by atoms with E-state index >= 15 is 0 Å². The lowest BCUT2D eigenvalue weighted by molar-refractivity contribution is -0.130. The first-order chi connectivity index (χ1) is 9.52. The van der Waals surface area contributed by atoms with Gasteiger partial charge in [-0.3, -0.25) is 9.48 Å². The van der Waals surface area contributed by atoms with Crippen LogP contribution in [0.5, 0.6) is 0 Å². The van der Waals surface area contributed by atoms with Gasteiger partial charge in [-0.1, -0.05) is 0 Å². The third-order valence-electron chi connectivity index (χ3n) is 3.60. The molecule has 1 fully saturated rings. The number of carbonyl (C=O) groups is 2. The molecule has 0 spiro atoms. The highest BCUT2D eigenvalue weighted by Crippen LogP contribution is 2.24. The first-order valence-electron chi connectivity index (χ1n) is 7.01. The summed E-state index contributed by atoms with van der Waals surface area (Å²) in [6.07, 6.45) is 1.63. The van der Waals surface area contributed by atoms with E-state index < -0.39 is 0 Å². The third-order valence-corrected chi connectivity index (χ3v) is 3.60. The molecule has 0 radical (unpaired) electrons. The quantitative estimate of drug-likeness (QED) is 0.787. The van der Waals surface area contributed by atoms with Crippen molar-refractivity contribution in [3.05, 3.63) is 17.5 Å². The molecular weight excluding hydrogens is 258 g/mol. The summed E-state index contributed by atoms with van der Waals surface area (Å²) in [5, 5.41) is 4.42. The monoisotopic (exact) mass is 279 g/mol. The molecule has 20 heavy (non-hydrogen) atoms. The van der Waals surface area contributed by atoms with Crippen molar-refractivity contribution in [2.24, 2.45) is 0 Å². The van der Waals surface area contributed by atoms with Crippen LogP contribution in [0.2, 0.25) is 0 Å². The first kappa shape index (κ1) is 14.6. The highest BCUT2D eigenvalue weighted by atomic mass is 16.5. The van der Waals surface area contributed by atoms with Crippen LogP contribution < -0.4 is 0 Å². The zero-order valence-corrected chi connectivity index (χ0v) is 12.3. The number of carbonyl (C=O) groups excluding carboxylic acids is 2. The highest BCUT2D eigenvalue weighted by molar-refractivity contribution is 5.87. The van der Waals surface area contributed by atoms with Crippen molar-refractivity contribution >= 4 is 11.9 Å². The average molecular weight is 279 g/mol. The molecule has 0 N–H and O–H groups in total. The zero-order valence-electron chi connectivity index (χ0n) is 12.3. The van der Waals surface area contributed by atoms with E-state index in [4.69, 9.17) is 4.74 Å². The Bertz CT molecular complexity index is 502. The van der Waals surface area contributed by atoms with Gasteiger partial charge in [-0.05, 0) is 32.8 Å². The Morgan fingerprint density at radius 3 is 2.60 bits per heavy atom. The highest BCUT2D eigenvalue weighted by Gasteiger charge is 2.26. The largest absolute Gasteiger partial charge is 0.461 e. The molecule has 2 heterocycles. The number of likely N-dealkylation sites (tertiary alicyclic amines) is 1. The molecule has 0 saturated carbocycles. The molecule has 0 bridgehead atoms. The maximum atomic E-state index is 11.9. The number of aryl methyl sites for hydroxylation is 1. The smallest absolute Gasteiger partial charge is 0.356 e. The molecule has 0 aromatic carbocycles. The third kappa shape index (κ3) is 3.00. The zero-order chi connectivity index (χ0) is 14.7. The van der Waals surface area contributed by atoms with Crippen molar-refractivity contribution in [3.8, 4) is 0 Å². The summed E-state index contributed by atoms with van der Waals surface area (Å²) in [5.41, 5.74) is 1.31.